The molecule has 0 N–H and O–H groups in total. The zero-order valence-corrected chi connectivity index (χ0v) is 16.2. The molecular formula is C21H24N6O. The molecule has 3 aromatic heterocycles. The highest BCUT2D eigenvalue weighted by atomic mass is 16.2. The first-order valence-corrected chi connectivity index (χ1v) is 9.71. The van der Waals surface area contributed by atoms with Gasteiger partial charge in [-0.15, -0.1) is 0 Å². The Labute approximate surface area is 164 Å². The summed E-state index contributed by atoms with van der Waals surface area (Å²) >= 11 is 0. The van der Waals surface area contributed by atoms with Crippen LogP contribution in [-0.4, -0.2) is 48.4 Å². The fraction of sp³-hybridized carbons (Fsp3) is 0.381. The van der Waals surface area contributed by atoms with Gasteiger partial charge in [0.1, 0.15) is 5.82 Å². The first-order valence-electron chi connectivity index (χ1n) is 9.71. The highest BCUT2D eigenvalue weighted by Crippen LogP contribution is 2.27. The lowest BCUT2D eigenvalue weighted by atomic mass is 9.96. The fourth-order valence-corrected chi connectivity index (χ4v) is 3.80. The number of hydrogen-bond donors (Lipinski definition) is 0. The lowest BCUT2D eigenvalue weighted by Gasteiger charge is -2.32. The first kappa shape index (κ1) is 18.3. The van der Waals surface area contributed by atoms with E-state index in [0.29, 0.717) is 23.6 Å². The van der Waals surface area contributed by atoms with Gasteiger partial charge in [-0.1, -0.05) is 0 Å². The number of piperidine rings is 1. The topological polar surface area (TPSA) is 76.8 Å². The second-order valence-corrected chi connectivity index (χ2v) is 7.10. The molecule has 1 fully saturated rings. The largest absolute Gasteiger partial charge is 0.338 e. The van der Waals surface area contributed by atoms with E-state index in [2.05, 4.69) is 31.4 Å². The Kier molecular flexibility index (Phi) is 5.14. The van der Waals surface area contributed by atoms with Crippen LogP contribution in [0.25, 0.3) is 11.4 Å². The number of rotatable bonds is 4. The highest BCUT2D eigenvalue weighted by molar-refractivity contribution is 5.95. The monoisotopic (exact) mass is 376 g/mol. The number of carbonyl (C=O) groups is 1. The van der Waals surface area contributed by atoms with Gasteiger partial charge in [0.25, 0.3) is 5.91 Å². The maximum atomic E-state index is 13.1. The smallest absolute Gasteiger partial charge is 0.257 e. The molecule has 0 saturated carbocycles. The molecule has 1 amide bonds. The summed E-state index contributed by atoms with van der Waals surface area (Å²) in [5.41, 5.74) is 2.09. The molecule has 0 bridgehead atoms. The van der Waals surface area contributed by atoms with Crippen LogP contribution in [0.1, 0.15) is 47.6 Å². The van der Waals surface area contributed by atoms with Crippen LogP contribution in [-0.2, 0) is 6.54 Å². The van der Waals surface area contributed by atoms with E-state index in [-0.39, 0.29) is 11.8 Å². The molecule has 1 saturated heterocycles. The summed E-state index contributed by atoms with van der Waals surface area (Å²) in [7, 11) is 0. The number of likely N-dealkylation sites (tertiary alicyclic amines) is 1. The predicted octanol–water partition coefficient (Wildman–Crippen LogP) is 3.08. The zero-order chi connectivity index (χ0) is 19.5. The normalized spacial score (nSPS) is 16.9. The average molecular weight is 376 g/mol. The van der Waals surface area contributed by atoms with Crippen molar-refractivity contribution in [1.29, 1.82) is 0 Å². The molecule has 1 aliphatic heterocycles. The van der Waals surface area contributed by atoms with Crippen LogP contribution in [0.2, 0.25) is 0 Å². The Hall–Kier alpha value is -3.09. The van der Waals surface area contributed by atoms with Gasteiger partial charge in [0.05, 0.1) is 11.3 Å². The van der Waals surface area contributed by atoms with E-state index in [0.717, 1.165) is 37.3 Å². The minimum atomic E-state index is -0.00505. The van der Waals surface area contributed by atoms with Crippen molar-refractivity contribution in [3.8, 4) is 11.4 Å². The third kappa shape index (κ3) is 3.52. The van der Waals surface area contributed by atoms with Crippen molar-refractivity contribution in [2.45, 2.75) is 39.2 Å². The molecule has 7 nitrogen and oxygen atoms in total. The maximum absolute atomic E-state index is 13.1. The predicted molar refractivity (Wildman–Crippen MR) is 106 cm³/mol. The van der Waals surface area contributed by atoms with Crippen LogP contribution < -0.4 is 0 Å². The molecular weight excluding hydrogens is 352 g/mol. The maximum Gasteiger partial charge on any atom is 0.257 e. The number of carbonyl (C=O) groups excluding carboxylic acids is 1. The van der Waals surface area contributed by atoms with Crippen molar-refractivity contribution in [2.24, 2.45) is 0 Å². The van der Waals surface area contributed by atoms with E-state index in [1.807, 2.05) is 36.4 Å². The summed E-state index contributed by atoms with van der Waals surface area (Å²) in [6.07, 6.45) is 11.0. The van der Waals surface area contributed by atoms with E-state index in [1.165, 1.54) is 0 Å². The molecule has 1 aliphatic rings. The van der Waals surface area contributed by atoms with Gasteiger partial charge in [-0.25, -0.2) is 15.0 Å². The molecule has 0 unspecified atom stereocenters. The highest BCUT2D eigenvalue weighted by Gasteiger charge is 2.29. The molecule has 0 aromatic carbocycles. The van der Waals surface area contributed by atoms with Crippen molar-refractivity contribution >= 4 is 5.91 Å². The second-order valence-electron chi connectivity index (χ2n) is 7.10. The van der Waals surface area contributed by atoms with E-state index in [9.17, 15) is 4.79 Å². The van der Waals surface area contributed by atoms with Gasteiger partial charge in [0, 0.05) is 62.1 Å². The molecule has 4 rings (SSSR count). The number of aryl methyl sites for hydroxylation is 2. The van der Waals surface area contributed by atoms with Gasteiger partial charge in [0.2, 0.25) is 0 Å². The van der Waals surface area contributed by atoms with Crippen molar-refractivity contribution in [3.63, 3.8) is 0 Å². The van der Waals surface area contributed by atoms with Gasteiger partial charge >= 0.3 is 0 Å². The lowest BCUT2D eigenvalue weighted by Crippen LogP contribution is -2.40. The zero-order valence-electron chi connectivity index (χ0n) is 16.2. The van der Waals surface area contributed by atoms with Gasteiger partial charge < -0.3 is 9.47 Å². The summed E-state index contributed by atoms with van der Waals surface area (Å²) in [5.74, 6) is 1.92. The molecule has 28 heavy (non-hydrogen) atoms. The summed E-state index contributed by atoms with van der Waals surface area (Å²) in [4.78, 5) is 32.6. The van der Waals surface area contributed by atoms with E-state index < -0.39 is 0 Å². The summed E-state index contributed by atoms with van der Waals surface area (Å²) in [6.45, 7) is 6.30. The first-order chi connectivity index (χ1) is 13.7. The Balaban J connectivity index is 1.54. The van der Waals surface area contributed by atoms with Gasteiger partial charge in [-0.3, -0.25) is 9.78 Å². The summed E-state index contributed by atoms with van der Waals surface area (Å²) in [6, 6.07) is 3.76. The minimum absolute atomic E-state index is 0.00505. The molecule has 1 atom stereocenters. The van der Waals surface area contributed by atoms with Crippen LogP contribution in [0.15, 0.2) is 43.1 Å². The van der Waals surface area contributed by atoms with Crippen LogP contribution in [0, 0.1) is 6.92 Å². The van der Waals surface area contributed by atoms with Crippen molar-refractivity contribution in [3.05, 3.63) is 60.2 Å². The average Bonchev–Trinajstić information content (AvgIpc) is 3.23. The van der Waals surface area contributed by atoms with Crippen LogP contribution >= 0.6 is 0 Å². The molecule has 3 aromatic rings. The van der Waals surface area contributed by atoms with E-state index in [1.54, 1.807) is 18.6 Å². The minimum Gasteiger partial charge on any atom is -0.338 e. The molecule has 7 heteroatoms. The third-order valence-corrected chi connectivity index (χ3v) is 5.29. The number of nitrogens with zero attached hydrogens (tertiary/aromatic N) is 6. The van der Waals surface area contributed by atoms with E-state index >= 15 is 0 Å². The summed E-state index contributed by atoms with van der Waals surface area (Å²) in [5, 5.41) is 0. The standard InChI is InChI=1S/C21H24N6O/c1-3-26-11-9-23-20(26)17-7-5-10-27(14-17)21(28)18-13-24-19(25-15(18)2)16-6-4-8-22-12-16/h4,6,8-9,11-13,17H,3,5,7,10,14H2,1-2H3/t17-/m1/s1. The van der Waals surface area contributed by atoms with E-state index in [4.69, 9.17) is 0 Å². The van der Waals surface area contributed by atoms with Crippen molar-refractivity contribution in [1.82, 2.24) is 29.4 Å². The number of aromatic nitrogens is 5. The number of hydrogen-bond acceptors (Lipinski definition) is 5. The third-order valence-electron chi connectivity index (χ3n) is 5.29. The second kappa shape index (κ2) is 7.88. The number of pyridine rings is 1. The Morgan fingerprint density at radius 2 is 2.14 bits per heavy atom. The number of imidazole rings is 1. The lowest BCUT2D eigenvalue weighted by molar-refractivity contribution is 0.0701. The molecule has 144 valence electrons. The number of amides is 1. The fourth-order valence-electron chi connectivity index (χ4n) is 3.80. The van der Waals surface area contributed by atoms with Gasteiger partial charge in [0.15, 0.2) is 5.82 Å². The van der Waals surface area contributed by atoms with Gasteiger partial charge in [-0.2, -0.15) is 0 Å². The summed E-state index contributed by atoms with van der Waals surface area (Å²) < 4.78 is 2.16. The quantitative estimate of drug-likeness (QED) is 0.699. The Bertz CT molecular complexity index is 968. The Morgan fingerprint density at radius 3 is 2.89 bits per heavy atom. The molecule has 0 spiro atoms. The van der Waals surface area contributed by atoms with Crippen LogP contribution in [0.3, 0.4) is 0 Å². The van der Waals surface area contributed by atoms with Crippen LogP contribution in [0.4, 0.5) is 0 Å². The Morgan fingerprint density at radius 1 is 1.25 bits per heavy atom. The van der Waals surface area contributed by atoms with Gasteiger partial charge in [-0.05, 0) is 38.8 Å². The molecule has 0 aliphatic carbocycles. The SMILES string of the molecule is CCn1ccnc1[C@@H]1CCCN(C(=O)c2cnc(-c3cccnc3)nc2C)C1. The molecule has 0 radical (unpaired) electrons. The van der Waals surface area contributed by atoms with Crippen molar-refractivity contribution < 1.29 is 4.79 Å². The van der Waals surface area contributed by atoms with Crippen LogP contribution in [0.5, 0.6) is 0 Å². The molecule has 4 heterocycles. The van der Waals surface area contributed by atoms with Crippen molar-refractivity contribution in [2.75, 3.05) is 13.1 Å².